The van der Waals surface area contributed by atoms with Gasteiger partial charge < -0.3 is 9.52 Å². The van der Waals surface area contributed by atoms with Crippen LogP contribution in [-0.4, -0.2) is 27.0 Å². The molecule has 0 fully saturated rings. The number of fused-ring (bicyclic) bond motifs is 1. The van der Waals surface area contributed by atoms with Gasteiger partial charge >= 0.3 is 0 Å². The van der Waals surface area contributed by atoms with Crippen LogP contribution in [0.1, 0.15) is 33.3 Å². The number of aliphatic hydroxyl groups excluding tert-OH is 1. The third kappa shape index (κ3) is 4.90. The summed E-state index contributed by atoms with van der Waals surface area (Å²) >= 11 is 14.9. The molecule has 0 saturated heterocycles. The number of hydrogen-bond donors (Lipinski definition) is 1. The summed E-state index contributed by atoms with van der Waals surface area (Å²) in [6, 6.07) is 20.6. The van der Waals surface area contributed by atoms with Crippen LogP contribution in [0.5, 0.6) is 0 Å². The fraction of sp³-hybridized carbons (Fsp3) is 0.103. The lowest BCUT2D eigenvalue weighted by Gasteiger charge is -2.23. The number of halogens is 2. The summed E-state index contributed by atoms with van der Waals surface area (Å²) in [5.41, 5.74) is 2.98. The number of Topliss-reactive ketones (excluding diaryl/α,β-unsaturated/α-hetero) is 1. The highest BCUT2D eigenvalue weighted by Gasteiger charge is 2.46. The van der Waals surface area contributed by atoms with E-state index < -0.39 is 23.5 Å². The minimum Gasteiger partial charge on any atom is -0.503 e. The second kappa shape index (κ2) is 10.7. The van der Waals surface area contributed by atoms with Gasteiger partial charge in [0.05, 0.1) is 11.6 Å². The molecular weight excluding hydrogens is 589 g/mol. The van der Waals surface area contributed by atoms with E-state index in [0.29, 0.717) is 31.3 Å². The van der Waals surface area contributed by atoms with E-state index in [4.69, 9.17) is 27.6 Å². The number of ketones is 1. The molecule has 3 aromatic carbocycles. The minimum absolute atomic E-state index is 0.0304. The highest BCUT2D eigenvalue weighted by Crippen LogP contribution is 2.44. The quantitative estimate of drug-likeness (QED) is 0.114. The smallest absolute Gasteiger partial charge is 0.296 e. The Morgan fingerprint density at radius 2 is 1.85 bits per heavy atom. The molecule has 40 heavy (non-hydrogen) atoms. The van der Waals surface area contributed by atoms with Crippen LogP contribution >= 0.6 is 46.3 Å². The van der Waals surface area contributed by atoms with Crippen LogP contribution in [0.4, 0.5) is 5.13 Å². The van der Waals surface area contributed by atoms with Gasteiger partial charge in [-0.1, -0.05) is 100 Å². The van der Waals surface area contributed by atoms with Crippen LogP contribution < -0.4 is 4.90 Å². The van der Waals surface area contributed by atoms with Gasteiger partial charge in [0.15, 0.2) is 15.9 Å². The number of para-hydroxylation sites is 1. The molecule has 1 N–H and O–H groups in total. The van der Waals surface area contributed by atoms with Crippen molar-refractivity contribution in [1.29, 1.82) is 0 Å². The summed E-state index contributed by atoms with van der Waals surface area (Å²) in [6.45, 7) is 1.94. The number of rotatable bonds is 7. The van der Waals surface area contributed by atoms with Gasteiger partial charge in [-0.15, -0.1) is 10.2 Å². The number of aliphatic hydroxyl groups is 1. The van der Waals surface area contributed by atoms with E-state index in [-0.39, 0.29) is 16.5 Å². The first-order chi connectivity index (χ1) is 19.3. The molecule has 3 heterocycles. The Bertz CT molecular complexity index is 1780. The molecule has 6 rings (SSSR count). The molecule has 1 aliphatic heterocycles. The van der Waals surface area contributed by atoms with Crippen LogP contribution in [0.3, 0.4) is 0 Å². The maximum absolute atomic E-state index is 13.8. The number of anilines is 1. The Labute approximate surface area is 247 Å². The van der Waals surface area contributed by atoms with Crippen LogP contribution in [0.15, 0.2) is 92.9 Å². The molecule has 5 aromatic rings. The van der Waals surface area contributed by atoms with Crippen molar-refractivity contribution >= 4 is 74.1 Å². The molecule has 1 amide bonds. The maximum atomic E-state index is 13.8. The van der Waals surface area contributed by atoms with Crippen molar-refractivity contribution in [3.05, 3.63) is 117 Å². The van der Waals surface area contributed by atoms with E-state index >= 15 is 0 Å². The van der Waals surface area contributed by atoms with Gasteiger partial charge in [-0.2, -0.15) is 0 Å². The van der Waals surface area contributed by atoms with Crippen LogP contribution in [0.25, 0.3) is 11.0 Å². The largest absolute Gasteiger partial charge is 0.503 e. The monoisotopic (exact) mass is 607 g/mol. The van der Waals surface area contributed by atoms with E-state index in [0.717, 1.165) is 16.5 Å². The van der Waals surface area contributed by atoms with Crippen molar-refractivity contribution in [2.24, 2.45) is 0 Å². The summed E-state index contributed by atoms with van der Waals surface area (Å²) < 4.78 is 6.38. The van der Waals surface area contributed by atoms with Crippen molar-refractivity contribution in [2.45, 2.75) is 23.1 Å². The predicted molar refractivity (Wildman–Crippen MR) is 158 cm³/mol. The first kappa shape index (κ1) is 26.6. The average molecular weight is 609 g/mol. The Balaban J connectivity index is 1.35. The van der Waals surface area contributed by atoms with E-state index in [1.807, 2.05) is 49.4 Å². The zero-order valence-electron chi connectivity index (χ0n) is 20.8. The summed E-state index contributed by atoms with van der Waals surface area (Å²) in [5.74, 6) is -1.42. The number of aromatic nitrogens is 2. The molecule has 0 spiro atoms. The lowest BCUT2D eigenvalue weighted by atomic mass is 9.94. The number of benzene rings is 3. The van der Waals surface area contributed by atoms with Gasteiger partial charge in [-0.25, -0.2) is 0 Å². The fourth-order valence-electron chi connectivity index (χ4n) is 4.46. The van der Waals surface area contributed by atoms with Gasteiger partial charge in [0.1, 0.15) is 5.58 Å². The van der Waals surface area contributed by atoms with Gasteiger partial charge in [-0.05, 0) is 42.3 Å². The summed E-state index contributed by atoms with van der Waals surface area (Å²) in [5, 5.41) is 21.6. The molecule has 7 nitrogen and oxygen atoms in total. The number of thioether (sulfide) groups is 1. The lowest BCUT2D eigenvalue weighted by Crippen LogP contribution is -2.31. The third-order valence-electron chi connectivity index (χ3n) is 6.46. The predicted octanol–water partition coefficient (Wildman–Crippen LogP) is 7.97. The molecule has 0 radical (unpaired) electrons. The molecule has 200 valence electrons. The number of amides is 1. The Morgan fingerprint density at radius 1 is 1.07 bits per heavy atom. The molecule has 1 unspecified atom stereocenters. The molecule has 1 atom stereocenters. The highest BCUT2D eigenvalue weighted by atomic mass is 35.5. The molecular formula is C29H19Cl2N3O4S2. The number of furan rings is 1. The van der Waals surface area contributed by atoms with Crippen molar-refractivity contribution in [3.63, 3.8) is 0 Å². The molecule has 1 aliphatic rings. The van der Waals surface area contributed by atoms with E-state index in [2.05, 4.69) is 10.2 Å². The number of nitrogens with zero attached hydrogens (tertiary/aromatic N) is 3. The van der Waals surface area contributed by atoms with Crippen molar-refractivity contribution < 1.29 is 19.1 Å². The first-order valence-electron chi connectivity index (χ1n) is 12.1. The van der Waals surface area contributed by atoms with Gasteiger partial charge in [0.2, 0.25) is 10.9 Å². The topological polar surface area (TPSA) is 96.5 Å². The first-order valence-corrected chi connectivity index (χ1v) is 14.6. The van der Waals surface area contributed by atoms with E-state index in [1.165, 1.54) is 28.0 Å². The van der Waals surface area contributed by atoms with Crippen LogP contribution in [-0.2, 0) is 10.5 Å². The van der Waals surface area contributed by atoms with Gasteiger partial charge in [0, 0.05) is 21.2 Å². The van der Waals surface area contributed by atoms with Gasteiger partial charge in [0.25, 0.3) is 5.91 Å². The Kier molecular flexibility index (Phi) is 7.14. The number of carbonyl (C=O) groups is 2. The molecule has 0 saturated carbocycles. The molecule has 2 aromatic heterocycles. The lowest BCUT2D eigenvalue weighted by molar-refractivity contribution is -0.117. The van der Waals surface area contributed by atoms with Crippen molar-refractivity contribution in [2.75, 3.05) is 4.90 Å². The summed E-state index contributed by atoms with van der Waals surface area (Å²) in [4.78, 5) is 28.6. The molecule has 0 bridgehead atoms. The summed E-state index contributed by atoms with van der Waals surface area (Å²) in [6.07, 6.45) is 0. The molecule has 11 heteroatoms. The second-order valence-corrected chi connectivity index (χ2v) is 12.1. The minimum atomic E-state index is -0.926. The van der Waals surface area contributed by atoms with Crippen LogP contribution in [0.2, 0.25) is 10.0 Å². The normalized spacial score (nSPS) is 15.4. The van der Waals surface area contributed by atoms with Crippen molar-refractivity contribution in [3.8, 4) is 0 Å². The average Bonchev–Trinajstić information content (AvgIpc) is 3.65. The standard InChI is InChI=1S/C29H19Cl2N3O4S2/c1-15-6-8-16(9-7-15)24-23(25(35)22-12-17-4-2-3-5-21(17)38-22)26(36)27(37)34(24)28-32-33-29(40-28)39-14-18-10-11-19(30)13-20(18)31/h2-13,24,36H,14H2,1H3. The zero-order chi connectivity index (χ0) is 28.0. The number of aryl methyl sites for hydroxylation is 1. The Morgan fingerprint density at radius 3 is 2.60 bits per heavy atom. The molecule has 0 aliphatic carbocycles. The van der Waals surface area contributed by atoms with Crippen molar-refractivity contribution in [1.82, 2.24) is 10.2 Å². The number of hydrogen-bond acceptors (Lipinski definition) is 8. The number of carbonyl (C=O) groups excluding carboxylic acids is 2. The zero-order valence-corrected chi connectivity index (χ0v) is 23.9. The van der Waals surface area contributed by atoms with Crippen LogP contribution in [0, 0.1) is 6.92 Å². The third-order valence-corrected chi connectivity index (χ3v) is 9.15. The van der Waals surface area contributed by atoms with Gasteiger partial charge in [-0.3, -0.25) is 14.5 Å². The van der Waals surface area contributed by atoms with E-state index in [1.54, 1.807) is 30.3 Å². The van der Waals surface area contributed by atoms with E-state index in [9.17, 15) is 14.7 Å². The summed E-state index contributed by atoms with van der Waals surface area (Å²) in [7, 11) is 0. The SMILES string of the molecule is Cc1ccc(C2C(C(=O)c3cc4ccccc4o3)=C(O)C(=O)N2c2nnc(SCc3ccc(Cl)cc3Cl)s2)cc1. The second-order valence-electron chi connectivity index (χ2n) is 9.10. The fourth-order valence-corrected chi connectivity index (χ4v) is 6.89. The Hall–Kier alpha value is -3.63. The maximum Gasteiger partial charge on any atom is 0.296 e. The highest BCUT2D eigenvalue weighted by molar-refractivity contribution is 8.00.